The van der Waals surface area contributed by atoms with Gasteiger partial charge in [0, 0.05) is 23.2 Å². The van der Waals surface area contributed by atoms with Gasteiger partial charge >= 0.3 is 5.63 Å². The third-order valence-electron chi connectivity index (χ3n) is 3.55. The Morgan fingerprint density at radius 2 is 2.00 bits per heavy atom. The molecule has 0 aliphatic carbocycles. The number of nitrogens with zero attached hydrogens (tertiary/aromatic N) is 1. The summed E-state index contributed by atoms with van der Waals surface area (Å²) in [5.74, 6) is 0.481. The molecule has 0 fully saturated rings. The van der Waals surface area contributed by atoms with E-state index in [1.807, 2.05) is 26.0 Å². The zero-order valence-electron chi connectivity index (χ0n) is 12.2. The van der Waals surface area contributed by atoms with Gasteiger partial charge in [0.1, 0.15) is 12.2 Å². The van der Waals surface area contributed by atoms with Gasteiger partial charge in [0.05, 0.1) is 0 Å². The molecule has 0 aliphatic heterocycles. The predicted octanol–water partition coefficient (Wildman–Crippen LogP) is 4.04. The van der Waals surface area contributed by atoms with Crippen molar-refractivity contribution in [3.05, 3.63) is 68.8 Å². The largest absolute Gasteiger partial charge is 0.486 e. The van der Waals surface area contributed by atoms with Crippen LogP contribution >= 0.6 is 11.6 Å². The van der Waals surface area contributed by atoms with Crippen LogP contribution < -0.4 is 10.4 Å². The molecule has 3 aromatic rings. The average molecular weight is 316 g/mol. The minimum atomic E-state index is -0.397. The van der Waals surface area contributed by atoms with Crippen molar-refractivity contribution in [3.8, 4) is 5.75 Å². The summed E-state index contributed by atoms with van der Waals surface area (Å²) in [6.45, 7) is 4.21. The zero-order chi connectivity index (χ0) is 15.7. The van der Waals surface area contributed by atoms with Crippen LogP contribution in [0.2, 0.25) is 5.15 Å². The van der Waals surface area contributed by atoms with Crippen LogP contribution in [0.3, 0.4) is 0 Å². The van der Waals surface area contributed by atoms with Crippen molar-refractivity contribution in [3.63, 3.8) is 0 Å². The zero-order valence-corrected chi connectivity index (χ0v) is 13.0. The maximum absolute atomic E-state index is 11.7. The van der Waals surface area contributed by atoms with Crippen LogP contribution in [0.25, 0.3) is 11.0 Å². The number of aromatic nitrogens is 1. The van der Waals surface area contributed by atoms with Crippen LogP contribution in [-0.4, -0.2) is 4.98 Å². The van der Waals surface area contributed by atoms with Gasteiger partial charge in [0.15, 0.2) is 10.9 Å². The summed E-state index contributed by atoms with van der Waals surface area (Å²) in [6, 6.07) is 8.79. The van der Waals surface area contributed by atoms with Crippen molar-refractivity contribution in [1.29, 1.82) is 0 Å². The number of rotatable bonds is 3. The smallest absolute Gasteiger partial charge is 0.336 e. The number of pyridine rings is 1. The summed E-state index contributed by atoms with van der Waals surface area (Å²) in [6.07, 6.45) is 1.59. The highest BCUT2D eigenvalue weighted by molar-refractivity contribution is 6.30. The molecule has 5 heteroatoms. The lowest BCUT2D eigenvalue weighted by molar-refractivity contribution is 0.305. The summed E-state index contributed by atoms with van der Waals surface area (Å²) in [5.41, 5.74) is 3.12. The van der Waals surface area contributed by atoms with Crippen LogP contribution in [0.5, 0.6) is 5.75 Å². The van der Waals surface area contributed by atoms with E-state index in [0.717, 1.165) is 22.1 Å². The number of ether oxygens (including phenoxy) is 1. The van der Waals surface area contributed by atoms with Crippen molar-refractivity contribution in [2.75, 3.05) is 0 Å². The number of benzene rings is 1. The summed E-state index contributed by atoms with van der Waals surface area (Å²) in [4.78, 5) is 15.7. The fourth-order valence-corrected chi connectivity index (χ4v) is 2.41. The molecule has 112 valence electrons. The number of hydrogen-bond donors (Lipinski definition) is 0. The van der Waals surface area contributed by atoms with E-state index in [9.17, 15) is 4.79 Å². The SMILES string of the molecule is Cc1cc2oc(=O)cc(COc3cccnc3Cl)c2cc1C. The summed E-state index contributed by atoms with van der Waals surface area (Å²) in [5, 5.41) is 1.16. The third kappa shape index (κ3) is 2.83. The van der Waals surface area contributed by atoms with Gasteiger partial charge < -0.3 is 9.15 Å². The van der Waals surface area contributed by atoms with Crippen molar-refractivity contribution < 1.29 is 9.15 Å². The molecule has 1 aromatic carbocycles. The van der Waals surface area contributed by atoms with E-state index in [1.54, 1.807) is 18.3 Å². The molecule has 0 bridgehead atoms. The lowest BCUT2D eigenvalue weighted by atomic mass is 10.0. The van der Waals surface area contributed by atoms with E-state index < -0.39 is 5.63 Å². The molecule has 2 aromatic heterocycles. The van der Waals surface area contributed by atoms with Gasteiger partial charge in [0.25, 0.3) is 0 Å². The minimum Gasteiger partial charge on any atom is -0.486 e. The molecule has 3 rings (SSSR count). The van der Waals surface area contributed by atoms with Crippen molar-refractivity contribution in [2.45, 2.75) is 20.5 Å². The molecule has 0 spiro atoms. The highest BCUT2D eigenvalue weighted by atomic mass is 35.5. The normalized spacial score (nSPS) is 10.9. The molecule has 2 heterocycles. The molecule has 22 heavy (non-hydrogen) atoms. The first-order valence-corrected chi connectivity index (χ1v) is 7.19. The van der Waals surface area contributed by atoms with Gasteiger partial charge in [0.2, 0.25) is 0 Å². The maximum Gasteiger partial charge on any atom is 0.336 e. The summed E-state index contributed by atoms with van der Waals surface area (Å²) in [7, 11) is 0. The average Bonchev–Trinajstić information content (AvgIpc) is 2.48. The molecule has 0 unspecified atom stereocenters. The Hall–Kier alpha value is -2.33. The second-order valence-electron chi connectivity index (χ2n) is 5.10. The fraction of sp³-hybridized carbons (Fsp3) is 0.176. The molecule has 0 amide bonds. The third-order valence-corrected chi connectivity index (χ3v) is 3.84. The van der Waals surface area contributed by atoms with E-state index in [0.29, 0.717) is 16.5 Å². The van der Waals surface area contributed by atoms with Gasteiger partial charge in [-0.05, 0) is 49.2 Å². The molecular formula is C17H14ClNO3. The van der Waals surface area contributed by atoms with E-state index in [2.05, 4.69) is 4.98 Å². The van der Waals surface area contributed by atoms with Gasteiger partial charge in [-0.25, -0.2) is 9.78 Å². The van der Waals surface area contributed by atoms with Crippen LogP contribution in [0.1, 0.15) is 16.7 Å². The van der Waals surface area contributed by atoms with Gasteiger partial charge in [-0.2, -0.15) is 0 Å². The minimum absolute atomic E-state index is 0.218. The molecule has 0 saturated carbocycles. The maximum atomic E-state index is 11.7. The molecule has 0 radical (unpaired) electrons. The lowest BCUT2D eigenvalue weighted by Gasteiger charge is -2.10. The van der Waals surface area contributed by atoms with Crippen LogP contribution in [0, 0.1) is 13.8 Å². The Morgan fingerprint density at radius 3 is 2.77 bits per heavy atom. The highest BCUT2D eigenvalue weighted by Crippen LogP contribution is 2.25. The van der Waals surface area contributed by atoms with Crippen LogP contribution in [0.15, 0.2) is 45.7 Å². The molecule has 0 saturated heterocycles. The van der Waals surface area contributed by atoms with Gasteiger partial charge in [-0.15, -0.1) is 0 Å². The van der Waals surface area contributed by atoms with E-state index in [4.69, 9.17) is 20.8 Å². The van der Waals surface area contributed by atoms with E-state index >= 15 is 0 Å². The number of aryl methyl sites for hydroxylation is 2. The fourth-order valence-electron chi connectivity index (χ4n) is 2.24. The first-order chi connectivity index (χ1) is 10.5. The van der Waals surface area contributed by atoms with E-state index in [-0.39, 0.29) is 6.61 Å². The molecular weight excluding hydrogens is 302 g/mol. The molecule has 0 N–H and O–H groups in total. The monoisotopic (exact) mass is 315 g/mol. The molecule has 0 aliphatic rings. The second kappa shape index (κ2) is 5.81. The predicted molar refractivity (Wildman–Crippen MR) is 85.5 cm³/mol. The number of fused-ring (bicyclic) bond motifs is 1. The Balaban J connectivity index is 2.01. The topological polar surface area (TPSA) is 52.3 Å². The Labute approximate surface area is 132 Å². The first-order valence-electron chi connectivity index (χ1n) is 6.82. The standard InChI is InChI=1S/C17H14ClNO3/c1-10-6-13-12(8-16(20)22-15(13)7-11(10)2)9-21-14-4-3-5-19-17(14)18/h3-8H,9H2,1-2H3. The Bertz CT molecular complexity index is 902. The van der Waals surface area contributed by atoms with E-state index in [1.165, 1.54) is 6.07 Å². The number of hydrogen-bond acceptors (Lipinski definition) is 4. The van der Waals surface area contributed by atoms with Crippen LogP contribution in [0.4, 0.5) is 0 Å². The second-order valence-corrected chi connectivity index (χ2v) is 5.46. The van der Waals surface area contributed by atoms with Gasteiger partial charge in [-0.3, -0.25) is 0 Å². The Kier molecular flexibility index (Phi) is 3.86. The number of halogens is 1. The summed E-state index contributed by atoms with van der Waals surface area (Å²) >= 11 is 5.97. The quantitative estimate of drug-likeness (QED) is 0.541. The van der Waals surface area contributed by atoms with Crippen LogP contribution in [-0.2, 0) is 6.61 Å². The Morgan fingerprint density at radius 1 is 1.23 bits per heavy atom. The first kappa shape index (κ1) is 14.6. The van der Waals surface area contributed by atoms with Crippen molar-refractivity contribution >= 4 is 22.6 Å². The highest BCUT2D eigenvalue weighted by Gasteiger charge is 2.09. The molecule has 0 atom stereocenters. The molecule has 4 nitrogen and oxygen atoms in total. The summed E-state index contributed by atoms with van der Waals surface area (Å²) < 4.78 is 10.9. The van der Waals surface area contributed by atoms with Crippen molar-refractivity contribution in [1.82, 2.24) is 4.98 Å². The lowest BCUT2D eigenvalue weighted by Crippen LogP contribution is -2.05. The van der Waals surface area contributed by atoms with Gasteiger partial charge in [-0.1, -0.05) is 11.6 Å². The van der Waals surface area contributed by atoms with Crippen molar-refractivity contribution in [2.24, 2.45) is 0 Å².